The summed E-state index contributed by atoms with van der Waals surface area (Å²) in [7, 11) is 0. The van der Waals surface area contributed by atoms with Crippen molar-refractivity contribution in [2.75, 3.05) is 0 Å². The van der Waals surface area contributed by atoms with Gasteiger partial charge in [0.2, 0.25) is 0 Å². The predicted octanol–water partition coefficient (Wildman–Crippen LogP) is 3.47. The number of hydrogen-bond acceptors (Lipinski definition) is 0. The van der Waals surface area contributed by atoms with E-state index >= 15 is 0 Å². The molecule has 0 N–H and O–H groups in total. The van der Waals surface area contributed by atoms with Crippen molar-refractivity contribution in [3.63, 3.8) is 0 Å². The lowest BCUT2D eigenvalue weighted by Crippen LogP contribution is -2.15. The number of hydrogen-bond donors (Lipinski definition) is 0. The van der Waals surface area contributed by atoms with Gasteiger partial charge >= 0.3 is 0 Å². The second-order valence-corrected chi connectivity index (χ2v) is 4.87. The van der Waals surface area contributed by atoms with Crippen molar-refractivity contribution in [3.8, 4) is 0 Å². The van der Waals surface area contributed by atoms with Gasteiger partial charge in [-0.25, -0.2) is 0 Å². The van der Waals surface area contributed by atoms with Crippen molar-refractivity contribution >= 4 is 0 Å². The van der Waals surface area contributed by atoms with E-state index in [1.54, 1.807) is 0 Å². The van der Waals surface area contributed by atoms with Crippen LogP contribution in [0.3, 0.4) is 0 Å². The lowest BCUT2D eigenvalue weighted by molar-refractivity contribution is 0.254. The largest absolute Gasteiger partial charge is 0.0648 e. The van der Waals surface area contributed by atoms with Crippen LogP contribution in [0.4, 0.5) is 0 Å². The van der Waals surface area contributed by atoms with E-state index in [9.17, 15) is 0 Å². The summed E-state index contributed by atoms with van der Waals surface area (Å²) in [6.45, 7) is 7.28. The van der Waals surface area contributed by atoms with Gasteiger partial charge < -0.3 is 0 Å². The minimum atomic E-state index is 0.817. The van der Waals surface area contributed by atoms with Crippen LogP contribution in [-0.2, 0) is 0 Å². The zero-order chi connectivity index (χ0) is 8.06. The normalized spacial score (nSPS) is 55.4. The molecule has 0 heteroatoms. The fourth-order valence-electron chi connectivity index (χ4n) is 3.62. The smallest absolute Gasteiger partial charge is 0.0238 e. The third kappa shape index (κ3) is 0.878. The maximum Gasteiger partial charge on any atom is -0.0238 e. The SMILES string of the molecule is CCC12CC(C)CCC1C2C. The molecule has 0 aromatic heterocycles. The Morgan fingerprint density at radius 1 is 1.27 bits per heavy atom. The number of fused-ring (bicyclic) bond motifs is 1. The minimum absolute atomic E-state index is 0.817. The third-order valence-corrected chi connectivity index (χ3v) is 4.50. The molecule has 0 radical (unpaired) electrons. The van der Waals surface area contributed by atoms with Crippen LogP contribution in [0.1, 0.15) is 46.5 Å². The summed E-state index contributed by atoms with van der Waals surface area (Å²) in [6, 6.07) is 0. The van der Waals surface area contributed by atoms with Crippen LogP contribution in [0.25, 0.3) is 0 Å². The first-order valence-electron chi connectivity index (χ1n) is 5.20. The summed E-state index contributed by atoms with van der Waals surface area (Å²) in [5.41, 5.74) is 0.817. The highest BCUT2D eigenvalue weighted by atomic mass is 14.7. The van der Waals surface area contributed by atoms with Crippen LogP contribution in [0.5, 0.6) is 0 Å². The molecule has 4 unspecified atom stereocenters. The monoisotopic (exact) mass is 152 g/mol. The maximum absolute atomic E-state index is 2.46. The van der Waals surface area contributed by atoms with Crippen LogP contribution in [0.15, 0.2) is 0 Å². The first kappa shape index (κ1) is 7.64. The van der Waals surface area contributed by atoms with Crippen molar-refractivity contribution in [1.29, 1.82) is 0 Å². The molecule has 2 aliphatic rings. The zero-order valence-corrected chi connectivity index (χ0v) is 8.06. The lowest BCUT2D eigenvalue weighted by atomic mass is 9.80. The van der Waals surface area contributed by atoms with E-state index in [1.807, 2.05) is 0 Å². The molecule has 2 fully saturated rings. The molecule has 0 aromatic rings. The summed E-state index contributed by atoms with van der Waals surface area (Å²) in [4.78, 5) is 0. The van der Waals surface area contributed by atoms with Gasteiger partial charge in [0, 0.05) is 0 Å². The van der Waals surface area contributed by atoms with E-state index in [2.05, 4.69) is 20.8 Å². The quantitative estimate of drug-likeness (QED) is 0.539. The molecule has 0 heterocycles. The highest BCUT2D eigenvalue weighted by Gasteiger charge is 2.61. The Kier molecular flexibility index (Phi) is 1.56. The summed E-state index contributed by atoms with van der Waals surface area (Å²) >= 11 is 0. The van der Waals surface area contributed by atoms with Crippen molar-refractivity contribution in [2.45, 2.75) is 46.5 Å². The van der Waals surface area contributed by atoms with Crippen LogP contribution < -0.4 is 0 Å². The molecule has 2 rings (SSSR count). The van der Waals surface area contributed by atoms with E-state index in [-0.39, 0.29) is 0 Å². The number of rotatable bonds is 1. The van der Waals surface area contributed by atoms with Crippen LogP contribution in [0, 0.1) is 23.2 Å². The molecule has 11 heavy (non-hydrogen) atoms. The summed E-state index contributed by atoms with van der Waals surface area (Å²) < 4.78 is 0. The Morgan fingerprint density at radius 2 is 2.00 bits per heavy atom. The van der Waals surface area contributed by atoms with Gasteiger partial charge in [-0.3, -0.25) is 0 Å². The Balaban J connectivity index is 2.09. The standard InChI is InChI=1S/C11H20/c1-4-11-7-8(2)5-6-10(11)9(11)3/h8-10H,4-7H2,1-3H3. The molecule has 0 aromatic carbocycles. The van der Waals surface area contributed by atoms with Crippen LogP contribution >= 0.6 is 0 Å². The summed E-state index contributed by atoms with van der Waals surface area (Å²) in [5, 5.41) is 0. The second-order valence-electron chi connectivity index (χ2n) is 4.87. The second kappa shape index (κ2) is 2.24. The molecule has 2 aliphatic carbocycles. The van der Waals surface area contributed by atoms with E-state index in [0.717, 1.165) is 23.2 Å². The Bertz CT molecular complexity index is 161. The van der Waals surface area contributed by atoms with Gasteiger partial charge in [-0.2, -0.15) is 0 Å². The van der Waals surface area contributed by atoms with Crippen molar-refractivity contribution in [1.82, 2.24) is 0 Å². The molecule has 0 bridgehead atoms. The van der Waals surface area contributed by atoms with Gasteiger partial charge in [0.15, 0.2) is 0 Å². The van der Waals surface area contributed by atoms with Crippen LogP contribution in [-0.4, -0.2) is 0 Å². The van der Waals surface area contributed by atoms with Gasteiger partial charge in [-0.05, 0) is 42.4 Å². The third-order valence-electron chi connectivity index (χ3n) is 4.50. The first-order valence-corrected chi connectivity index (χ1v) is 5.20. The zero-order valence-electron chi connectivity index (χ0n) is 8.06. The molecule has 4 atom stereocenters. The molecular formula is C11H20. The minimum Gasteiger partial charge on any atom is -0.0648 e. The van der Waals surface area contributed by atoms with Crippen molar-refractivity contribution in [3.05, 3.63) is 0 Å². The molecule has 0 aliphatic heterocycles. The van der Waals surface area contributed by atoms with Crippen molar-refractivity contribution < 1.29 is 0 Å². The van der Waals surface area contributed by atoms with E-state index in [1.165, 1.54) is 25.7 Å². The molecule has 0 saturated heterocycles. The Hall–Kier alpha value is 0. The average molecular weight is 152 g/mol. The fourth-order valence-corrected chi connectivity index (χ4v) is 3.62. The van der Waals surface area contributed by atoms with Gasteiger partial charge in [0.25, 0.3) is 0 Å². The van der Waals surface area contributed by atoms with Gasteiger partial charge in [-0.15, -0.1) is 0 Å². The fraction of sp³-hybridized carbons (Fsp3) is 1.00. The summed E-state index contributed by atoms with van der Waals surface area (Å²) in [6.07, 6.45) is 5.98. The van der Waals surface area contributed by atoms with Gasteiger partial charge in [0.1, 0.15) is 0 Å². The van der Waals surface area contributed by atoms with E-state index in [4.69, 9.17) is 0 Å². The molecule has 64 valence electrons. The molecule has 0 amide bonds. The molecular weight excluding hydrogens is 132 g/mol. The highest BCUT2D eigenvalue weighted by Crippen LogP contribution is 2.68. The topological polar surface area (TPSA) is 0 Å². The van der Waals surface area contributed by atoms with E-state index < -0.39 is 0 Å². The maximum atomic E-state index is 2.46. The average Bonchev–Trinajstić information content (AvgIpc) is 2.58. The Morgan fingerprint density at radius 3 is 2.55 bits per heavy atom. The van der Waals surface area contributed by atoms with Crippen molar-refractivity contribution in [2.24, 2.45) is 23.2 Å². The van der Waals surface area contributed by atoms with Gasteiger partial charge in [0.05, 0.1) is 0 Å². The van der Waals surface area contributed by atoms with Gasteiger partial charge in [-0.1, -0.05) is 27.2 Å². The summed E-state index contributed by atoms with van der Waals surface area (Å²) in [5.74, 6) is 3.18. The predicted molar refractivity (Wildman–Crippen MR) is 48.4 cm³/mol. The molecule has 0 nitrogen and oxygen atoms in total. The molecule has 0 spiro atoms. The first-order chi connectivity index (χ1) is 5.20. The van der Waals surface area contributed by atoms with E-state index in [0.29, 0.717) is 0 Å². The highest BCUT2D eigenvalue weighted by molar-refractivity contribution is 5.10. The van der Waals surface area contributed by atoms with Crippen LogP contribution in [0.2, 0.25) is 0 Å². The Labute approximate surface area is 70.4 Å². The lowest BCUT2D eigenvalue weighted by Gasteiger charge is -2.25. The molecule has 2 saturated carbocycles.